The van der Waals surface area contributed by atoms with Crippen molar-refractivity contribution in [2.24, 2.45) is 0 Å². The average molecular weight is 287 g/mol. The van der Waals surface area contributed by atoms with Gasteiger partial charge in [0.15, 0.2) is 0 Å². The first-order valence-corrected chi connectivity index (χ1v) is 7.35. The van der Waals surface area contributed by atoms with Crippen molar-refractivity contribution in [2.75, 3.05) is 23.8 Å². The number of rotatable bonds is 3. The molecule has 1 N–H and O–H groups in total. The Hall–Kier alpha value is -1.67. The zero-order chi connectivity index (χ0) is 14.1. The van der Waals surface area contributed by atoms with Gasteiger partial charge in [0.2, 0.25) is 0 Å². The zero-order valence-electron chi connectivity index (χ0n) is 11.9. The summed E-state index contributed by atoms with van der Waals surface area (Å²) < 4.78 is 0. The molecule has 0 atom stereocenters. The standard InChI is InChI=1S/C17H19ClN2/c1-12-15(18)4-3-5-16(12)19-11-13-6-7-17-14(10-13)8-9-20(17)2/h3-7,10,19H,8-9,11H2,1-2H3. The number of fused-ring (bicyclic) bond motifs is 1. The van der Waals surface area contributed by atoms with Crippen molar-refractivity contribution in [2.45, 2.75) is 19.9 Å². The third kappa shape index (κ3) is 2.48. The fraction of sp³-hybridized carbons (Fsp3) is 0.294. The normalized spacial score (nSPS) is 13.4. The Kier molecular flexibility index (Phi) is 3.58. The van der Waals surface area contributed by atoms with Gasteiger partial charge in [0.25, 0.3) is 0 Å². The van der Waals surface area contributed by atoms with Gasteiger partial charge in [-0.3, -0.25) is 0 Å². The second kappa shape index (κ2) is 5.37. The van der Waals surface area contributed by atoms with Crippen molar-refractivity contribution in [3.05, 3.63) is 58.1 Å². The van der Waals surface area contributed by atoms with Crippen LogP contribution in [-0.2, 0) is 13.0 Å². The molecular formula is C17H19ClN2. The van der Waals surface area contributed by atoms with Crippen molar-refractivity contribution in [1.82, 2.24) is 0 Å². The highest BCUT2D eigenvalue weighted by molar-refractivity contribution is 6.31. The molecular weight excluding hydrogens is 268 g/mol. The lowest BCUT2D eigenvalue weighted by Crippen LogP contribution is -2.12. The van der Waals surface area contributed by atoms with Crippen molar-refractivity contribution in [3.63, 3.8) is 0 Å². The number of hydrogen-bond acceptors (Lipinski definition) is 2. The highest BCUT2D eigenvalue weighted by atomic mass is 35.5. The molecule has 0 bridgehead atoms. The Labute approximate surface area is 125 Å². The summed E-state index contributed by atoms with van der Waals surface area (Å²) in [5.74, 6) is 0. The van der Waals surface area contributed by atoms with Crippen LogP contribution in [0.2, 0.25) is 5.02 Å². The highest BCUT2D eigenvalue weighted by Crippen LogP contribution is 2.28. The van der Waals surface area contributed by atoms with Crippen molar-refractivity contribution >= 4 is 23.0 Å². The molecule has 0 fully saturated rings. The lowest BCUT2D eigenvalue weighted by Gasteiger charge is -2.13. The monoisotopic (exact) mass is 286 g/mol. The van der Waals surface area contributed by atoms with Gasteiger partial charge in [-0.1, -0.05) is 29.8 Å². The molecule has 0 spiro atoms. The molecule has 0 radical (unpaired) electrons. The van der Waals surface area contributed by atoms with E-state index in [0.717, 1.165) is 35.8 Å². The van der Waals surface area contributed by atoms with E-state index in [4.69, 9.17) is 11.6 Å². The smallest absolute Gasteiger partial charge is 0.0455 e. The summed E-state index contributed by atoms with van der Waals surface area (Å²) in [7, 11) is 2.15. The maximum Gasteiger partial charge on any atom is 0.0455 e. The van der Waals surface area contributed by atoms with Gasteiger partial charge < -0.3 is 10.2 Å². The largest absolute Gasteiger partial charge is 0.381 e. The maximum absolute atomic E-state index is 6.14. The summed E-state index contributed by atoms with van der Waals surface area (Å²) in [5, 5.41) is 4.29. The van der Waals surface area contributed by atoms with Gasteiger partial charge in [-0.05, 0) is 48.2 Å². The molecule has 0 aromatic heterocycles. The first-order chi connectivity index (χ1) is 9.65. The van der Waals surface area contributed by atoms with Crippen LogP contribution < -0.4 is 10.2 Å². The maximum atomic E-state index is 6.14. The van der Waals surface area contributed by atoms with Gasteiger partial charge in [-0.25, -0.2) is 0 Å². The summed E-state index contributed by atoms with van der Waals surface area (Å²) >= 11 is 6.14. The topological polar surface area (TPSA) is 15.3 Å². The number of benzene rings is 2. The predicted molar refractivity (Wildman–Crippen MR) is 86.9 cm³/mol. The molecule has 1 aliphatic heterocycles. The number of likely N-dealkylation sites (N-methyl/N-ethyl adjacent to an activating group) is 1. The number of anilines is 2. The second-order valence-electron chi connectivity index (χ2n) is 5.40. The lowest BCUT2D eigenvalue weighted by atomic mass is 10.1. The molecule has 2 aromatic carbocycles. The van der Waals surface area contributed by atoms with Gasteiger partial charge in [0.05, 0.1) is 0 Å². The molecule has 1 aliphatic rings. The summed E-state index contributed by atoms with van der Waals surface area (Å²) in [6.45, 7) is 4.00. The van der Waals surface area contributed by atoms with Crippen molar-refractivity contribution < 1.29 is 0 Å². The van der Waals surface area contributed by atoms with E-state index < -0.39 is 0 Å². The van der Waals surface area contributed by atoms with E-state index in [0.29, 0.717) is 0 Å². The number of nitrogens with zero attached hydrogens (tertiary/aromatic N) is 1. The van der Waals surface area contributed by atoms with Crippen molar-refractivity contribution in [3.8, 4) is 0 Å². The van der Waals surface area contributed by atoms with Gasteiger partial charge in [-0.2, -0.15) is 0 Å². The third-order valence-corrected chi connectivity index (χ3v) is 4.43. The van der Waals surface area contributed by atoms with E-state index in [1.54, 1.807) is 0 Å². The molecule has 1 heterocycles. The van der Waals surface area contributed by atoms with Gasteiger partial charge in [0.1, 0.15) is 0 Å². The Bertz CT molecular complexity index is 637. The van der Waals surface area contributed by atoms with E-state index >= 15 is 0 Å². The van der Waals surface area contributed by atoms with Crippen LogP contribution >= 0.6 is 11.6 Å². The minimum absolute atomic E-state index is 0.811. The Morgan fingerprint density at radius 2 is 2.10 bits per heavy atom. The van der Waals surface area contributed by atoms with Gasteiger partial charge >= 0.3 is 0 Å². The minimum Gasteiger partial charge on any atom is -0.381 e. The fourth-order valence-electron chi connectivity index (χ4n) is 2.73. The molecule has 2 nitrogen and oxygen atoms in total. The minimum atomic E-state index is 0.811. The molecule has 3 heteroatoms. The van der Waals surface area contributed by atoms with Gasteiger partial charge in [0, 0.05) is 36.5 Å². The van der Waals surface area contributed by atoms with E-state index in [-0.39, 0.29) is 0 Å². The first kappa shape index (κ1) is 13.3. The van der Waals surface area contributed by atoms with Crippen LogP contribution in [0.5, 0.6) is 0 Å². The summed E-state index contributed by atoms with van der Waals surface area (Å²) in [4.78, 5) is 2.31. The van der Waals surface area contributed by atoms with Gasteiger partial charge in [-0.15, -0.1) is 0 Å². The van der Waals surface area contributed by atoms with Crippen molar-refractivity contribution in [1.29, 1.82) is 0 Å². The third-order valence-electron chi connectivity index (χ3n) is 4.02. The Morgan fingerprint density at radius 1 is 1.25 bits per heavy atom. The Balaban J connectivity index is 1.74. The predicted octanol–water partition coefficient (Wildman–Crippen LogP) is 4.25. The number of halogens is 1. The SMILES string of the molecule is Cc1c(Cl)cccc1NCc1ccc2c(c1)CCN2C. The van der Waals surface area contributed by atoms with Crippen LogP contribution in [0.1, 0.15) is 16.7 Å². The van der Waals surface area contributed by atoms with Crippen LogP contribution in [-0.4, -0.2) is 13.6 Å². The lowest BCUT2D eigenvalue weighted by molar-refractivity contribution is 0.955. The summed E-state index contributed by atoms with van der Waals surface area (Å²) in [6.07, 6.45) is 1.15. The highest BCUT2D eigenvalue weighted by Gasteiger charge is 2.15. The Morgan fingerprint density at radius 3 is 2.95 bits per heavy atom. The van der Waals surface area contributed by atoms with E-state index in [9.17, 15) is 0 Å². The molecule has 3 rings (SSSR count). The molecule has 0 amide bonds. The number of nitrogens with one attached hydrogen (secondary N) is 1. The molecule has 104 valence electrons. The first-order valence-electron chi connectivity index (χ1n) is 6.97. The zero-order valence-corrected chi connectivity index (χ0v) is 12.7. The molecule has 0 unspecified atom stereocenters. The molecule has 20 heavy (non-hydrogen) atoms. The molecule has 2 aromatic rings. The van der Waals surface area contributed by atoms with E-state index in [2.05, 4.69) is 41.5 Å². The van der Waals surface area contributed by atoms with Crippen LogP contribution in [0.3, 0.4) is 0 Å². The molecule has 0 saturated heterocycles. The van der Waals surface area contributed by atoms with Crippen LogP contribution in [0.15, 0.2) is 36.4 Å². The summed E-state index contributed by atoms with van der Waals surface area (Å²) in [6, 6.07) is 12.7. The number of hydrogen-bond donors (Lipinski definition) is 1. The molecule has 0 aliphatic carbocycles. The van der Waals surface area contributed by atoms with E-state index in [1.165, 1.54) is 16.8 Å². The second-order valence-corrected chi connectivity index (χ2v) is 5.81. The van der Waals surface area contributed by atoms with E-state index in [1.807, 2.05) is 19.1 Å². The van der Waals surface area contributed by atoms with Crippen LogP contribution in [0.4, 0.5) is 11.4 Å². The quantitative estimate of drug-likeness (QED) is 0.907. The van der Waals surface area contributed by atoms with Crippen LogP contribution in [0.25, 0.3) is 0 Å². The van der Waals surface area contributed by atoms with Crippen LogP contribution in [0, 0.1) is 6.92 Å². The average Bonchev–Trinajstić information content (AvgIpc) is 2.82. The molecule has 0 saturated carbocycles. The summed E-state index contributed by atoms with van der Waals surface area (Å²) in [5.41, 5.74) is 6.35. The fourth-order valence-corrected chi connectivity index (χ4v) is 2.90.